The molecule has 8 heteroatoms. The van der Waals surface area contributed by atoms with Crippen LogP contribution in [0.1, 0.15) is 32.1 Å². The lowest BCUT2D eigenvalue weighted by molar-refractivity contribution is -0.158. The Morgan fingerprint density at radius 3 is 2.55 bits per heavy atom. The largest absolute Gasteiger partial charge is 0.480 e. The van der Waals surface area contributed by atoms with E-state index >= 15 is 0 Å². The van der Waals surface area contributed by atoms with E-state index < -0.39 is 29.3 Å². The number of amides is 1. The second kappa shape index (κ2) is 6.93. The van der Waals surface area contributed by atoms with Crippen LogP contribution in [0, 0.1) is 0 Å². The zero-order valence-electron chi connectivity index (χ0n) is 11.2. The predicted molar refractivity (Wildman–Crippen MR) is 67.1 cm³/mol. The van der Waals surface area contributed by atoms with Gasteiger partial charge >= 0.3 is 12.2 Å². The molecule has 0 aliphatic heterocycles. The van der Waals surface area contributed by atoms with Gasteiger partial charge in [-0.2, -0.15) is 4.79 Å². The van der Waals surface area contributed by atoms with Crippen LogP contribution >= 0.6 is 0 Å². The average Bonchev–Trinajstić information content (AvgIpc) is 2.33. The van der Waals surface area contributed by atoms with Gasteiger partial charge in [-0.3, -0.25) is 9.59 Å². The monoisotopic (exact) mass is 283 g/mol. The molecule has 1 unspecified atom stereocenters. The van der Waals surface area contributed by atoms with Crippen molar-refractivity contribution in [3.63, 3.8) is 0 Å². The highest BCUT2D eigenvalue weighted by molar-refractivity contribution is 6.25. The van der Waals surface area contributed by atoms with Crippen LogP contribution in [0.15, 0.2) is 0 Å². The number of aliphatic carboxylic acids is 1. The Labute approximate surface area is 115 Å². The number of hydrogen-bond acceptors (Lipinski definition) is 4. The number of hydrogen-bond donors (Lipinski definition) is 2. The molecule has 0 heterocycles. The van der Waals surface area contributed by atoms with Crippen LogP contribution in [0.3, 0.4) is 0 Å². The number of rotatable bonds is 8. The normalized spacial score (nSPS) is 17.2. The summed E-state index contributed by atoms with van der Waals surface area (Å²) in [7, 11) is 1.41. The van der Waals surface area contributed by atoms with Crippen molar-refractivity contribution in [2.45, 2.75) is 43.7 Å². The summed E-state index contributed by atoms with van der Waals surface area (Å²) in [6.45, 7) is 0. The average molecular weight is 283 g/mol. The van der Waals surface area contributed by atoms with Gasteiger partial charge < -0.3 is 20.7 Å². The van der Waals surface area contributed by atoms with E-state index in [9.17, 15) is 14.4 Å². The molecule has 0 aromatic heterocycles. The van der Waals surface area contributed by atoms with Crippen molar-refractivity contribution in [2.75, 3.05) is 7.11 Å². The van der Waals surface area contributed by atoms with Gasteiger partial charge in [0, 0.05) is 13.5 Å². The van der Waals surface area contributed by atoms with Crippen LogP contribution in [-0.2, 0) is 19.1 Å². The number of carboxylic acids is 1. The molecule has 1 fully saturated rings. The van der Waals surface area contributed by atoms with Gasteiger partial charge in [0.2, 0.25) is 5.78 Å². The second-order valence-corrected chi connectivity index (χ2v) is 4.67. The van der Waals surface area contributed by atoms with Gasteiger partial charge in [-0.15, -0.1) is 0 Å². The van der Waals surface area contributed by atoms with Crippen LogP contribution in [0.25, 0.3) is 5.53 Å². The van der Waals surface area contributed by atoms with E-state index in [-0.39, 0.29) is 12.8 Å². The summed E-state index contributed by atoms with van der Waals surface area (Å²) in [5.74, 6) is -2.21. The van der Waals surface area contributed by atoms with E-state index in [2.05, 4.69) is 10.1 Å². The molecule has 8 nitrogen and oxygen atoms in total. The Morgan fingerprint density at radius 2 is 2.15 bits per heavy atom. The van der Waals surface area contributed by atoms with Gasteiger partial charge in [0.25, 0.3) is 5.91 Å². The van der Waals surface area contributed by atoms with Gasteiger partial charge in [0.1, 0.15) is 11.6 Å². The third kappa shape index (κ3) is 3.72. The minimum absolute atomic E-state index is 0.0777. The quantitative estimate of drug-likeness (QED) is 0.361. The molecule has 0 spiro atoms. The molecular weight excluding hydrogens is 266 g/mol. The van der Waals surface area contributed by atoms with Crippen molar-refractivity contribution in [1.82, 2.24) is 5.32 Å². The summed E-state index contributed by atoms with van der Waals surface area (Å²) in [5, 5.41) is 11.4. The SMILES string of the molecule is COC1(C(=O)NC(CCC(=O)C=[N+]=[N-])C(=O)O)CCC1. The second-order valence-electron chi connectivity index (χ2n) is 4.67. The first kappa shape index (κ1) is 16.0. The maximum absolute atomic E-state index is 12.0. The lowest BCUT2D eigenvalue weighted by Crippen LogP contribution is -2.56. The van der Waals surface area contributed by atoms with Crippen LogP contribution < -0.4 is 5.32 Å². The van der Waals surface area contributed by atoms with E-state index in [0.29, 0.717) is 19.1 Å². The van der Waals surface area contributed by atoms with Crippen molar-refractivity contribution in [2.24, 2.45) is 0 Å². The van der Waals surface area contributed by atoms with E-state index in [4.69, 9.17) is 15.4 Å². The van der Waals surface area contributed by atoms with E-state index in [1.807, 2.05) is 0 Å². The highest BCUT2D eigenvalue weighted by atomic mass is 16.5. The molecule has 1 amide bonds. The Balaban J connectivity index is 2.59. The van der Waals surface area contributed by atoms with E-state index in [1.54, 1.807) is 0 Å². The molecule has 1 aliphatic rings. The molecule has 0 aromatic carbocycles. The van der Waals surface area contributed by atoms with Crippen molar-refractivity contribution >= 4 is 23.9 Å². The molecule has 1 saturated carbocycles. The fourth-order valence-corrected chi connectivity index (χ4v) is 1.98. The van der Waals surface area contributed by atoms with Gasteiger partial charge in [0.05, 0.1) is 0 Å². The molecule has 2 N–H and O–H groups in total. The van der Waals surface area contributed by atoms with Gasteiger partial charge in [-0.05, 0) is 25.7 Å². The van der Waals surface area contributed by atoms with Crippen LogP contribution in [0.4, 0.5) is 0 Å². The summed E-state index contributed by atoms with van der Waals surface area (Å²) < 4.78 is 5.15. The number of nitrogens with zero attached hydrogens (tertiary/aromatic N) is 2. The summed E-state index contributed by atoms with van der Waals surface area (Å²) in [6.07, 6.45) is 2.44. The first-order valence-corrected chi connectivity index (χ1v) is 6.24. The minimum Gasteiger partial charge on any atom is -0.480 e. The van der Waals surface area contributed by atoms with Gasteiger partial charge in [-0.25, -0.2) is 4.79 Å². The van der Waals surface area contributed by atoms with Crippen LogP contribution in [-0.4, -0.2) is 52.5 Å². The lowest BCUT2D eigenvalue weighted by Gasteiger charge is -2.39. The number of Topliss-reactive ketones (excluding diaryl/α,β-unsaturated/α-hetero) is 1. The molecule has 110 valence electrons. The van der Waals surface area contributed by atoms with Gasteiger partial charge in [0.15, 0.2) is 0 Å². The molecule has 0 bridgehead atoms. The van der Waals surface area contributed by atoms with Crippen molar-refractivity contribution in [3.05, 3.63) is 5.53 Å². The summed E-state index contributed by atoms with van der Waals surface area (Å²) in [4.78, 5) is 36.8. The standard InChI is InChI=1S/C12H17N3O5/c1-20-12(5-2-6-12)11(19)15-9(10(17)18)4-3-8(16)7-14-13/h7,9H,2-6H2,1H3,(H,15,19)(H,17,18). The number of ketones is 1. The van der Waals surface area contributed by atoms with Crippen molar-refractivity contribution < 1.29 is 29.0 Å². The summed E-state index contributed by atoms with van der Waals surface area (Å²) in [6, 6.07) is -1.17. The fourth-order valence-electron chi connectivity index (χ4n) is 1.98. The molecule has 1 rings (SSSR count). The van der Waals surface area contributed by atoms with Crippen LogP contribution in [0.2, 0.25) is 0 Å². The number of nitrogens with one attached hydrogen (secondary N) is 1. The molecule has 0 saturated heterocycles. The molecule has 0 aromatic rings. The van der Waals surface area contributed by atoms with Crippen molar-refractivity contribution in [1.29, 1.82) is 0 Å². The zero-order chi connectivity index (χ0) is 15.2. The topological polar surface area (TPSA) is 129 Å². The number of carbonyl (C=O) groups is 3. The number of carbonyl (C=O) groups excluding carboxylic acids is 2. The molecule has 1 aliphatic carbocycles. The predicted octanol–water partition coefficient (Wildman–Crippen LogP) is -0.225. The number of ether oxygens (including phenoxy) is 1. The Hall–Kier alpha value is -2.05. The molecule has 1 atom stereocenters. The molecule has 20 heavy (non-hydrogen) atoms. The smallest absolute Gasteiger partial charge is 0.326 e. The molecular formula is C12H17N3O5. The highest BCUT2D eigenvalue weighted by Crippen LogP contribution is 2.35. The third-order valence-corrected chi connectivity index (χ3v) is 3.45. The fraction of sp³-hybridized carbons (Fsp3) is 0.667. The minimum atomic E-state index is -1.22. The third-order valence-electron chi connectivity index (χ3n) is 3.45. The number of carboxylic acid groups (broad SMARTS) is 1. The Morgan fingerprint density at radius 1 is 1.50 bits per heavy atom. The summed E-state index contributed by atoms with van der Waals surface area (Å²) in [5.41, 5.74) is 7.24. The summed E-state index contributed by atoms with van der Waals surface area (Å²) >= 11 is 0. The Kier molecular flexibility index (Phi) is 5.54. The highest BCUT2D eigenvalue weighted by Gasteiger charge is 2.45. The van der Waals surface area contributed by atoms with Crippen LogP contribution in [0.5, 0.6) is 0 Å². The first-order valence-electron chi connectivity index (χ1n) is 6.24. The van der Waals surface area contributed by atoms with E-state index in [1.165, 1.54) is 7.11 Å². The van der Waals surface area contributed by atoms with Crippen molar-refractivity contribution in [3.8, 4) is 0 Å². The van der Waals surface area contributed by atoms with Gasteiger partial charge in [-0.1, -0.05) is 0 Å². The maximum Gasteiger partial charge on any atom is 0.326 e. The molecule has 0 radical (unpaired) electrons. The maximum atomic E-state index is 12.0. The Bertz CT molecular complexity index is 446. The zero-order valence-corrected chi connectivity index (χ0v) is 11.2. The number of methoxy groups -OCH3 is 1. The first-order chi connectivity index (χ1) is 9.45. The van der Waals surface area contributed by atoms with E-state index in [0.717, 1.165) is 6.42 Å². The lowest BCUT2D eigenvalue weighted by atomic mass is 9.79.